The number of thiophene rings is 2. The predicted octanol–water partition coefficient (Wildman–Crippen LogP) is 4.54. The molecular formula is C62H82N14O13S2. The number of aliphatic imine (C=N–C) groups is 2. The molecule has 2 unspecified atom stereocenters. The number of ether oxygens (including phenoxy) is 2. The zero-order valence-corrected chi connectivity index (χ0v) is 54.1. The van der Waals surface area contributed by atoms with E-state index >= 15 is 0 Å². The van der Waals surface area contributed by atoms with Gasteiger partial charge < -0.3 is 70.8 Å². The van der Waals surface area contributed by atoms with Crippen LogP contribution in [0.25, 0.3) is 0 Å². The van der Waals surface area contributed by atoms with E-state index in [1.807, 2.05) is 83.4 Å². The first-order valence-electron chi connectivity index (χ1n) is 30.3. The number of hydrogen-bond acceptors (Lipinski definition) is 22. The molecule has 29 heteroatoms. The van der Waals surface area contributed by atoms with Crippen LogP contribution in [0.2, 0.25) is 0 Å². The first-order valence-corrected chi connectivity index (χ1v) is 32.0. The second-order valence-electron chi connectivity index (χ2n) is 23.8. The number of carboxylic acid groups (broad SMARTS) is 2. The lowest BCUT2D eigenvalue weighted by Crippen LogP contribution is -2.57. The van der Waals surface area contributed by atoms with Crippen molar-refractivity contribution in [2.24, 2.45) is 9.98 Å². The summed E-state index contributed by atoms with van der Waals surface area (Å²) in [4.78, 5) is 128. The van der Waals surface area contributed by atoms with Gasteiger partial charge in [0, 0.05) is 127 Å². The van der Waals surface area contributed by atoms with Gasteiger partial charge in [-0.05, 0) is 85.1 Å². The van der Waals surface area contributed by atoms with E-state index in [2.05, 4.69) is 76.9 Å². The second-order valence-corrected chi connectivity index (χ2v) is 26.3. The molecule has 91 heavy (non-hydrogen) atoms. The number of carbonyl (C=O) groups excluding carboxylic acids is 7. The van der Waals surface area contributed by atoms with Gasteiger partial charge in [-0.3, -0.25) is 48.2 Å². The van der Waals surface area contributed by atoms with Gasteiger partial charge in [-0.1, -0.05) is 24.3 Å². The number of carboxylic acids is 2. The molecule has 7 aliphatic rings. The van der Waals surface area contributed by atoms with E-state index in [0.717, 1.165) is 108 Å². The average Bonchev–Trinajstić information content (AvgIpc) is 1.83. The Labute approximate surface area is 536 Å². The number of cyclic esters (lactones) is 2. The van der Waals surface area contributed by atoms with Crippen LogP contribution in [0.15, 0.2) is 70.6 Å². The molecular weight excluding hydrogens is 1210 g/mol. The minimum Gasteiger partial charge on any atom is -0.481 e. The second kappa shape index (κ2) is 31.5. The lowest BCUT2D eigenvalue weighted by atomic mass is 10.1. The Hall–Kier alpha value is -8.51. The molecule has 0 saturated carbocycles. The molecule has 2 aromatic heterocycles. The van der Waals surface area contributed by atoms with Crippen LogP contribution in [0, 0.1) is 13.8 Å². The van der Waals surface area contributed by atoms with Gasteiger partial charge in [-0.2, -0.15) is 0 Å². The number of carbonyl (C=O) groups is 9. The monoisotopic (exact) mass is 1290 g/mol. The molecule has 5 fully saturated rings. The normalized spacial score (nSPS) is 18.8. The van der Waals surface area contributed by atoms with Crippen LogP contribution in [0.4, 0.5) is 37.5 Å². The third kappa shape index (κ3) is 19.7. The highest BCUT2D eigenvalue weighted by atomic mass is 32.1. The number of esters is 2. The molecule has 11 rings (SSSR count). The highest BCUT2D eigenvalue weighted by Gasteiger charge is 2.34. The Kier molecular flexibility index (Phi) is 23.7. The largest absolute Gasteiger partial charge is 0.481 e. The fraction of sp³-hybridized carbons (Fsp3) is 0.500. The van der Waals surface area contributed by atoms with Gasteiger partial charge >= 0.3 is 30.0 Å². The summed E-state index contributed by atoms with van der Waals surface area (Å²) < 4.78 is 9.32. The summed E-state index contributed by atoms with van der Waals surface area (Å²) in [5.74, 6) is -2.81. The molecule has 0 aliphatic carbocycles. The summed E-state index contributed by atoms with van der Waals surface area (Å²) in [6, 6.07) is 20.5. The summed E-state index contributed by atoms with van der Waals surface area (Å²) in [7, 11) is 4.06. The number of piperazine rings is 4. The van der Waals surface area contributed by atoms with Crippen LogP contribution in [0.3, 0.4) is 0 Å². The SMILES string of the molecule is CC(C)(C)OC(=O)N1CCNCC1.Cc1cc2c(s1)Nc1ccccc1N=C2N1CCN(C)C(CNC(=O)CC(=O)N2CCN(C(=O)CC(=O)O)CC2)C1.Cc1cc2c(s1)Nc1ccccc1N=C2N1CCN(C)C(CNC(=O)CC(=O)O)C1.O=C1CCC(=O)O1. The van der Waals surface area contributed by atoms with E-state index in [1.165, 1.54) is 14.7 Å². The van der Waals surface area contributed by atoms with Crippen LogP contribution in [-0.2, 0) is 47.8 Å². The van der Waals surface area contributed by atoms with Crippen LogP contribution in [0.1, 0.15) is 73.8 Å². The lowest BCUT2D eigenvalue weighted by molar-refractivity contribution is -0.152. The molecule has 27 nitrogen and oxygen atoms in total. The van der Waals surface area contributed by atoms with Crippen molar-refractivity contribution in [1.29, 1.82) is 0 Å². The van der Waals surface area contributed by atoms with Gasteiger partial charge in [0.2, 0.25) is 23.6 Å². The maximum absolute atomic E-state index is 12.7. The molecule has 0 radical (unpaired) electrons. The van der Waals surface area contributed by atoms with E-state index in [-0.39, 0.29) is 81.0 Å². The summed E-state index contributed by atoms with van der Waals surface area (Å²) in [5.41, 5.74) is 5.53. The number of rotatable bonds is 10. The van der Waals surface area contributed by atoms with E-state index in [4.69, 9.17) is 24.9 Å². The number of nitrogens with zero attached hydrogens (tertiary/aromatic N) is 9. The van der Waals surface area contributed by atoms with Gasteiger partial charge in [0.1, 0.15) is 46.5 Å². The van der Waals surface area contributed by atoms with Crippen LogP contribution < -0.4 is 26.6 Å². The van der Waals surface area contributed by atoms with Crippen molar-refractivity contribution in [3.8, 4) is 0 Å². The van der Waals surface area contributed by atoms with E-state index in [9.17, 15) is 43.2 Å². The zero-order chi connectivity index (χ0) is 65.5. The quantitative estimate of drug-likeness (QED) is 0.0847. The predicted molar refractivity (Wildman–Crippen MR) is 345 cm³/mol. The summed E-state index contributed by atoms with van der Waals surface area (Å²) >= 11 is 3.42. The molecule has 4 aromatic rings. The number of para-hydroxylation sites is 4. The number of likely N-dealkylation sites (N-methyl/N-ethyl adjacent to an activating group) is 2. The highest BCUT2D eigenvalue weighted by molar-refractivity contribution is 7.17. The number of aryl methyl sites for hydroxylation is 2. The van der Waals surface area contributed by atoms with E-state index in [1.54, 1.807) is 32.5 Å². The summed E-state index contributed by atoms with van der Waals surface area (Å²) in [6.45, 7) is 19.5. The van der Waals surface area contributed by atoms with Crippen molar-refractivity contribution >= 4 is 121 Å². The molecule has 5 saturated heterocycles. The number of hydrogen-bond donors (Lipinski definition) is 7. The zero-order valence-electron chi connectivity index (χ0n) is 52.5. The molecule has 2 atom stereocenters. The molecule has 2 aromatic carbocycles. The maximum Gasteiger partial charge on any atom is 0.410 e. The summed E-state index contributed by atoms with van der Waals surface area (Å²) in [6.07, 6.45) is -1.01. The lowest BCUT2D eigenvalue weighted by Gasteiger charge is -2.41. The number of fused-ring (bicyclic) bond motifs is 4. The smallest absolute Gasteiger partial charge is 0.410 e. The minimum absolute atomic E-state index is 0.0314. The molecule has 0 bridgehead atoms. The first-order chi connectivity index (χ1) is 43.4. The number of amides is 5. The van der Waals surface area contributed by atoms with Crippen molar-refractivity contribution in [3.05, 3.63) is 81.5 Å². The van der Waals surface area contributed by atoms with Crippen molar-refractivity contribution in [2.45, 2.75) is 84.4 Å². The Morgan fingerprint density at radius 1 is 0.604 bits per heavy atom. The number of benzene rings is 2. The number of aliphatic carboxylic acids is 2. The van der Waals surface area contributed by atoms with Crippen molar-refractivity contribution < 1.29 is 62.8 Å². The molecule has 7 aliphatic heterocycles. The topological polar surface area (TPSA) is 320 Å². The third-order valence-corrected chi connectivity index (χ3v) is 17.5. The van der Waals surface area contributed by atoms with Gasteiger partial charge in [-0.15, -0.1) is 22.7 Å². The molecule has 9 heterocycles. The van der Waals surface area contributed by atoms with Crippen molar-refractivity contribution in [1.82, 2.24) is 50.2 Å². The van der Waals surface area contributed by atoms with Crippen LogP contribution in [-0.4, -0.2) is 246 Å². The summed E-state index contributed by atoms with van der Waals surface area (Å²) in [5, 5.41) is 35.7. The Morgan fingerprint density at radius 2 is 1.03 bits per heavy atom. The Bertz CT molecular complexity index is 3370. The molecule has 490 valence electrons. The van der Waals surface area contributed by atoms with Gasteiger partial charge in [-0.25, -0.2) is 14.8 Å². The number of nitrogens with one attached hydrogen (secondary N) is 5. The first kappa shape index (κ1) is 68.4. The van der Waals surface area contributed by atoms with Gasteiger partial charge in [0.15, 0.2) is 0 Å². The molecule has 0 spiro atoms. The maximum atomic E-state index is 12.7. The van der Waals surface area contributed by atoms with Crippen molar-refractivity contribution in [3.63, 3.8) is 0 Å². The third-order valence-electron chi connectivity index (χ3n) is 15.6. The Morgan fingerprint density at radius 3 is 1.45 bits per heavy atom. The van der Waals surface area contributed by atoms with Gasteiger partial charge in [0.05, 0.1) is 46.7 Å². The molecule has 7 N–H and O–H groups in total. The standard InChI is InChI=1S/C28H35N7O5S.C21H25N5O3S.C9H18N2O2.C4H4O3/c1-18-13-20-27(30-21-5-3-4-6-22(21)31-28(20)41-18)35-8-7-32(2)19(17-35)16-29-23(36)14-24(37)33-9-11-34(12-10-33)25(38)15-26(39)40;1-13-9-15-20(23-16-5-3-4-6-17(16)24-21(15)30-13)26-8-7-25(2)14(12-26)11-22-18(27)10-19(28)29;1-9(2,3)13-8(12)11-6-4-10-5-7-11;5-3-1-2-4(6)7-3/h3-6,13,19,31H,7-12,14-17H2,1-2H3,(H,29,36)(H,39,40);3-6,9,14,24H,7-8,10-12H2,1-2H3,(H,22,27)(H,28,29);10H,4-7H2,1-3H3;1-2H2. The molecule has 5 amide bonds. The van der Waals surface area contributed by atoms with Gasteiger partial charge in [0.25, 0.3) is 0 Å². The van der Waals surface area contributed by atoms with Crippen LogP contribution in [0.5, 0.6) is 0 Å². The highest BCUT2D eigenvalue weighted by Crippen LogP contribution is 2.41. The Balaban J connectivity index is 0.000000184. The fourth-order valence-corrected chi connectivity index (χ4v) is 12.6. The average molecular weight is 1300 g/mol. The van der Waals surface area contributed by atoms with E-state index < -0.39 is 48.5 Å². The van der Waals surface area contributed by atoms with E-state index in [0.29, 0.717) is 26.2 Å². The number of anilines is 4. The minimum atomic E-state index is -1.17. The van der Waals surface area contributed by atoms with Crippen molar-refractivity contribution in [2.75, 3.05) is 129 Å². The van der Waals surface area contributed by atoms with Crippen LogP contribution >= 0.6 is 22.7 Å². The number of amidine groups is 2. The fourth-order valence-electron chi connectivity index (χ4n) is 10.7.